The zero-order valence-corrected chi connectivity index (χ0v) is 11.2. The van der Waals surface area contributed by atoms with Gasteiger partial charge in [0.2, 0.25) is 0 Å². The summed E-state index contributed by atoms with van der Waals surface area (Å²) in [6.07, 6.45) is 3.24. The molecule has 2 aromatic rings. The molecule has 0 atom stereocenters. The summed E-state index contributed by atoms with van der Waals surface area (Å²) in [5.41, 5.74) is 8.23. The number of amides is 1. The third-order valence-corrected chi connectivity index (χ3v) is 2.64. The molecule has 0 spiro atoms. The maximum absolute atomic E-state index is 12.2. The van der Waals surface area contributed by atoms with E-state index in [-0.39, 0.29) is 12.5 Å². The number of anilines is 1. The van der Waals surface area contributed by atoms with Gasteiger partial charge in [0.05, 0.1) is 17.8 Å². The predicted molar refractivity (Wildman–Crippen MR) is 79.3 cm³/mol. The van der Waals surface area contributed by atoms with Gasteiger partial charge in [-0.1, -0.05) is 24.0 Å². The molecule has 20 heavy (non-hydrogen) atoms. The average Bonchev–Trinajstić information content (AvgIpc) is 2.46. The second-order valence-electron chi connectivity index (χ2n) is 4.26. The van der Waals surface area contributed by atoms with Crippen LogP contribution in [0.5, 0.6) is 0 Å². The number of carbonyl (C=O) groups excluding carboxylic acids is 1. The van der Waals surface area contributed by atoms with E-state index < -0.39 is 0 Å². The number of para-hydroxylation sites is 1. The summed E-state index contributed by atoms with van der Waals surface area (Å²) in [4.78, 5) is 16.2. The van der Waals surface area contributed by atoms with Crippen molar-refractivity contribution in [2.45, 2.75) is 6.92 Å². The van der Waals surface area contributed by atoms with Crippen LogP contribution in [0.1, 0.15) is 21.5 Å². The van der Waals surface area contributed by atoms with Crippen LogP contribution in [0, 0.1) is 18.8 Å². The van der Waals surface area contributed by atoms with E-state index in [9.17, 15) is 4.79 Å². The maximum atomic E-state index is 12.2. The van der Waals surface area contributed by atoms with E-state index in [1.807, 2.05) is 31.2 Å². The molecule has 0 saturated carbocycles. The molecule has 0 fully saturated rings. The summed E-state index contributed by atoms with van der Waals surface area (Å²) in [5, 5.41) is 2.84. The van der Waals surface area contributed by atoms with Crippen molar-refractivity contribution in [3.8, 4) is 11.8 Å². The minimum Gasteiger partial charge on any atom is -0.321 e. The zero-order chi connectivity index (χ0) is 14.4. The van der Waals surface area contributed by atoms with E-state index >= 15 is 0 Å². The van der Waals surface area contributed by atoms with Crippen molar-refractivity contribution >= 4 is 11.6 Å². The van der Waals surface area contributed by atoms with E-state index in [0.717, 1.165) is 11.1 Å². The van der Waals surface area contributed by atoms with Crippen LogP contribution < -0.4 is 11.1 Å². The Morgan fingerprint density at radius 3 is 2.90 bits per heavy atom. The first-order chi connectivity index (χ1) is 9.70. The molecule has 0 aliphatic rings. The van der Waals surface area contributed by atoms with Crippen LogP contribution in [-0.2, 0) is 0 Å². The minimum atomic E-state index is -0.205. The molecule has 0 saturated heterocycles. The van der Waals surface area contributed by atoms with Gasteiger partial charge in [-0.2, -0.15) is 0 Å². The molecule has 100 valence electrons. The molecular formula is C16H15N3O. The van der Waals surface area contributed by atoms with Gasteiger partial charge in [-0.25, -0.2) is 0 Å². The molecule has 4 nitrogen and oxygen atoms in total. The SMILES string of the molecule is Cc1cncc(C(=O)Nc2ccccc2C#CCN)c1. The van der Waals surface area contributed by atoms with Crippen LogP contribution in [-0.4, -0.2) is 17.4 Å². The van der Waals surface area contributed by atoms with Crippen LogP contribution in [0.4, 0.5) is 5.69 Å². The van der Waals surface area contributed by atoms with Gasteiger partial charge in [-0.15, -0.1) is 0 Å². The summed E-state index contributed by atoms with van der Waals surface area (Å²) in [7, 11) is 0. The number of carbonyl (C=O) groups is 1. The molecule has 4 heteroatoms. The monoisotopic (exact) mass is 265 g/mol. The lowest BCUT2D eigenvalue weighted by molar-refractivity contribution is 0.102. The molecule has 0 aliphatic heterocycles. The maximum Gasteiger partial charge on any atom is 0.257 e. The molecule has 2 rings (SSSR count). The highest BCUT2D eigenvalue weighted by molar-refractivity contribution is 6.04. The van der Waals surface area contributed by atoms with Crippen molar-refractivity contribution in [1.29, 1.82) is 0 Å². The number of nitrogens with zero attached hydrogens (tertiary/aromatic N) is 1. The van der Waals surface area contributed by atoms with Crippen molar-refractivity contribution in [2.24, 2.45) is 5.73 Å². The van der Waals surface area contributed by atoms with Crippen molar-refractivity contribution in [2.75, 3.05) is 11.9 Å². The lowest BCUT2D eigenvalue weighted by Gasteiger charge is -2.07. The van der Waals surface area contributed by atoms with Crippen molar-refractivity contribution in [3.05, 3.63) is 59.4 Å². The number of rotatable bonds is 2. The first-order valence-electron chi connectivity index (χ1n) is 6.21. The van der Waals surface area contributed by atoms with Crippen LogP contribution in [0.15, 0.2) is 42.7 Å². The Balaban J connectivity index is 2.24. The minimum absolute atomic E-state index is 0.205. The lowest BCUT2D eigenvalue weighted by Crippen LogP contribution is -2.13. The Hall–Kier alpha value is -2.64. The van der Waals surface area contributed by atoms with Gasteiger partial charge in [0.1, 0.15) is 0 Å². The van der Waals surface area contributed by atoms with Gasteiger partial charge in [0.15, 0.2) is 0 Å². The van der Waals surface area contributed by atoms with Crippen molar-refractivity contribution < 1.29 is 4.79 Å². The number of nitrogens with one attached hydrogen (secondary N) is 1. The molecule has 1 heterocycles. The fourth-order valence-electron chi connectivity index (χ4n) is 1.72. The highest BCUT2D eigenvalue weighted by Crippen LogP contribution is 2.15. The van der Waals surface area contributed by atoms with Crippen LogP contribution >= 0.6 is 0 Å². The van der Waals surface area contributed by atoms with Gasteiger partial charge >= 0.3 is 0 Å². The Morgan fingerprint density at radius 2 is 2.15 bits per heavy atom. The highest BCUT2D eigenvalue weighted by Gasteiger charge is 2.08. The fourth-order valence-corrected chi connectivity index (χ4v) is 1.72. The molecule has 0 aliphatic carbocycles. The van der Waals surface area contributed by atoms with Gasteiger partial charge in [-0.05, 0) is 30.7 Å². The molecule has 1 aromatic carbocycles. The average molecular weight is 265 g/mol. The number of hydrogen-bond acceptors (Lipinski definition) is 3. The molecule has 1 amide bonds. The number of nitrogens with two attached hydrogens (primary N) is 1. The van der Waals surface area contributed by atoms with Gasteiger partial charge in [0, 0.05) is 18.0 Å². The molecule has 1 aromatic heterocycles. The number of pyridine rings is 1. The van der Waals surface area contributed by atoms with E-state index in [0.29, 0.717) is 11.3 Å². The van der Waals surface area contributed by atoms with Crippen LogP contribution in [0.2, 0.25) is 0 Å². The first-order valence-corrected chi connectivity index (χ1v) is 6.21. The summed E-state index contributed by atoms with van der Waals surface area (Å²) in [6, 6.07) is 9.15. The standard InChI is InChI=1S/C16H15N3O/c1-12-9-14(11-18-10-12)16(20)19-15-7-3-2-5-13(15)6-4-8-17/h2-3,5,7,9-11H,8,17H2,1H3,(H,19,20). The Kier molecular flexibility index (Phi) is 4.48. The summed E-state index contributed by atoms with van der Waals surface area (Å²) >= 11 is 0. The van der Waals surface area contributed by atoms with Crippen LogP contribution in [0.25, 0.3) is 0 Å². The Morgan fingerprint density at radius 1 is 1.35 bits per heavy atom. The predicted octanol–water partition coefficient (Wildman–Crippen LogP) is 1.95. The molecule has 0 bridgehead atoms. The van der Waals surface area contributed by atoms with E-state index in [4.69, 9.17) is 5.73 Å². The van der Waals surface area contributed by atoms with Crippen LogP contribution in [0.3, 0.4) is 0 Å². The number of aryl methyl sites for hydroxylation is 1. The number of aromatic nitrogens is 1. The van der Waals surface area contributed by atoms with E-state index in [1.165, 1.54) is 6.20 Å². The molecular weight excluding hydrogens is 250 g/mol. The third kappa shape index (κ3) is 3.44. The number of hydrogen-bond donors (Lipinski definition) is 2. The molecule has 3 N–H and O–H groups in total. The fraction of sp³-hybridized carbons (Fsp3) is 0.125. The summed E-state index contributed by atoms with van der Waals surface area (Å²) < 4.78 is 0. The highest BCUT2D eigenvalue weighted by atomic mass is 16.1. The smallest absolute Gasteiger partial charge is 0.257 e. The first kappa shape index (κ1) is 13.8. The topological polar surface area (TPSA) is 68.0 Å². The third-order valence-electron chi connectivity index (χ3n) is 2.64. The second-order valence-corrected chi connectivity index (χ2v) is 4.26. The zero-order valence-electron chi connectivity index (χ0n) is 11.2. The van der Waals surface area contributed by atoms with Crippen molar-refractivity contribution in [3.63, 3.8) is 0 Å². The van der Waals surface area contributed by atoms with Gasteiger partial charge < -0.3 is 11.1 Å². The Labute approximate surface area is 118 Å². The normalized spacial score (nSPS) is 9.50. The second kappa shape index (κ2) is 6.50. The number of benzene rings is 1. The van der Waals surface area contributed by atoms with Crippen molar-refractivity contribution in [1.82, 2.24) is 4.98 Å². The quantitative estimate of drug-likeness (QED) is 0.815. The summed E-state index contributed by atoms with van der Waals surface area (Å²) in [6.45, 7) is 2.18. The largest absolute Gasteiger partial charge is 0.321 e. The molecule has 0 unspecified atom stereocenters. The Bertz CT molecular complexity index is 683. The molecule has 0 radical (unpaired) electrons. The van der Waals surface area contributed by atoms with E-state index in [1.54, 1.807) is 12.3 Å². The van der Waals surface area contributed by atoms with Gasteiger partial charge in [0.25, 0.3) is 5.91 Å². The van der Waals surface area contributed by atoms with E-state index in [2.05, 4.69) is 22.1 Å². The van der Waals surface area contributed by atoms with Gasteiger partial charge in [-0.3, -0.25) is 9.78 Å². The lowest BCUT2D eigenvalue weighted by atomic mass is 10.1. The summed E-state index contributed by atoms with van der Waals surface area (Å²) in [5.74, 6) is 5.51.